The van der Waals surface area contributed by atoms with E-state index in [2.05, 4.69) is 58.5 Å². The van der Waals surface area contributed by atoms with E-state index >= 15 is 0 Å². The van der Waals surface area contributed by atoms with Crippen LogP contribution in [0.1, 0.15) is 150 Å². The summed E-state index contributed by atoms with van der Waals surface area (Å²) in [6.45, 7) is 7.06. The zero-order valence-electron chi connectivity index (χ0n) is 67.2. The van der Waals surface area contributed by atoms with E-state index in [1.54, 1.807) is 13.0 Å². The van der Waals surface area contributed by atoms with Crippen LogP contribution < -0.4 is 63.4 Å². The van der Waals surface area contributed by atoms with Crippen LogP contribution >= 0.6 is 7.60 Å². The minimum Gasteiger partial charge on any atom is -0.779 e. The first-order valence-electron chi connectivity index (χ1n) is 39.4. The zero-order chi connectivity index (χ0) is 86.0. The highest BCUT2D eigenvalue weighted by Gasteiger charge is 2.48. The van der Waals surface area contributed by atoms with Gasteiger partial charge in [0.05, 0.1) is 84.8 Å². The summed E-state index contributed by atoms with van der Waals surface area (Å²) in [4.78, 5) is 152. The monoisotopic (exact) mass is 1680 g/mol. The van der Waals surface area contributed by atoms with Crippen molar-refractivity contribution in [3.8, 4) is 0 Å². The summed E-state index contributed by atoms with van der Waals surface area (Å²) in [5.74, 6) is -5.70. The quantitative estimate of drug-likeness (QED) is 0.0117. The summed E-state index contributed by atoms with van der Waals surface area (Å²) in [7, 11) is -3.90. The average molecular weight is 1690 g/mol. The van der Waals surface area contributed by atoms with Gasteiger partial charge in [-0.15, -0.1) is 0 Å². The lowest BCUT2D eigenvalue weighted by atomic mass is 9.89. The lowest BCUT2D eigenvalue weighted by molar-refractivity contribution is -0.272. The largest absolute Gasteiger partial charge is 0.779 e. The van der Waals surface area contributed by atoms with Crippen molar-refractivity contribution in [3.63, 3.8) is 0 Å². The van der Waals surface area contributed by atoms with Crippen LogP contribution in [0.3, 0.4) is 0 Å². The molecular formula is C73H127N11O31P-. The molecule has 0 aromatic heterocycles. The van der Waals surface area contributed by atoms with Crippen molar-refractivity contribution >= 4 is 72.6 Å². The first-order valence-corrected chi connectivity index (χ1v) is 41.4. The zero-order valence-corrected chi connectivity index (χ0v) is 68.1. The average Bonchev–Trinajstić information content (AvgIpc) is 0.821. The van der Waals surface area contributed by atoms with Crippen LogP contribution in [0, 0.1) is 5.92 Å². The Morgan fingerprint density at radius 2 is 0.897 bits per heavy atom. The van der Waals surface area contributed by atoms with Crippen LogP contribution in [-0.2, 0) is 104 Å². The van der Waals surface area contributed by atoms with E-state index in [1.807, 2.05) is 0 Å². The van der Waals surface area contributed by atoms with Crippen LogP contribution in [0.5, 0.6) is 0 Å². The van der Waals surface area contributed by atoms with E-state index in [1.165, 1.54) is 40.0 Å². The first kappa shape index (κ1) is 103. The second kappa shape index (κ2) is 57.8. The molecule has 3 aliphatic rings. The number of aliphatic hydroxyl groups excluding tert-OH is 8. The standard InChI is InChI=1S/C73H128N11O31P/c1-46-51(43-85)113-69(60(63(46)97)80-47(2)88)109-40-37-106-34-30-76-57(94)23-17-21-55(92)75-28-14-11-26-73(5,72(103)79-29-12-7-8-15-33-112-116(6,104)105)84-68(102)50(83-59(96)25-18-24-58(95)78-32-36-108-39-42-111-71-62(82-49(4)90)67(101)65(99)53(45-87)115-71)19-10-9-13-27-74-54(91)20-16-22-56(93)77-31-35-107-38-41-110-70-61(81-48(3)89)66(100)64(98)52(44-86)114-70/h10,19,37,40,46,50-53,60-67,69-71,85-87,97-101H,7-9,11-18,20-36,38-39,41-45H2,1-6H3,(H,74,91)(H,75,92)(H,76,94)(H,77,93)(H,78,95)(H,79,103)(H,80,88)(H,81,89)(H,82,90)(H,83,96)(H,84,102)(H,104,105)/p-1/b19-10+,40-37+. The Hall–Kier alpha value is -7.20. The minimum atomic E-state index is -3.90. The minimum absolute atomic E-state index is 0.00543. The molecule has 11 amide bonds. The molecule has 0 saturated carbocycles. The van der Waals surface area contributed by atoms with E-state index < -0.39 is 165 Å². The third-order valence-electron chi connectivity index (χ3n) is 18.4. The van der Waals surface area contributed by atoms with Crippen molar-refractivity contribution in [1.29, 1.82) is 0 Å². The molecule has 3 rings (SSSR count). The third-order valence-corrected chi connectivity index (χ3v) is 19.1. The molecular weight excluding hydrogens is 1560 g/mol. The van der Waals surface area contributed by atoms with Gasteiger partial charge in [0, 0.05) is 105 Å². The Balaban J connectivity index is 1.57. The highest BCUT2D eigenvalue weighted by molar-refractivity contribution is 7.50. The number of ether oxygens (including phenoxy) is 9. The summed E-state index contributed by atoms with van der Waals surface area (Å²) < 4.78 is 66.2. The topological polar surface area (TPSA) is 614 Å². The molecule has 0 spiro atoms. The van der Waals surface area contributed by atoms with Gasteiger partial charge in [0.1, 0.15) is 93.1 Å². The van der Waals surface area contributed by atoms with Gasteiger partial charge in [-0.1, -0.05) is 31.9 Å². The molecule has 0 aromatic carbocycles. The molecule has 0 bridgehead atoms. The number of unbranched alkanes of at least 4 members (excludes halogenated alkanes) is 5. The van der Waals surface area contributed by atoms with Crippen molar-refractivity contribution in [1.82, 2.24) is 58.5 Å². The number of amides is 11. The number of carbonyl (C=O) groups is 11. The van der Waals surface area contributed by atoms with Crippen molar-refractivity contribution in [3.05, 3.63) is 24.7 Å². The van der Waals surface area contributed by atoms with Gasteiger partial charge in [-0.05, 0) is 71.1 Å². The van der Waals surface area contributed by atoms with Gasteiger partial charge in [0.25, 0.3) is 0 Å². The predicted octanol–water partition coefficient (Wildman–Crippen LogP) is -5.50. The van der Waals surface area contributed by atoms with Crippen molar-refractivity contribution < 1.29 is 150 Å². The molecule has 18 unspecified atom stereocenters. The molecule has 116 heavy (non-hydrogen) atoms. The second-order valence-corrected chi connectivity index (χ2v) is 30.2. The van der Waals surface area contributed by atoms with Crippen LogP contribution in [0.15, 0.2) is 24.7 Å². The fourth-order valence-corrected chi connectivity index (χ4v) is 12.6. The van der Waals surface area contributed by atoms with E-state index in [4.69, 9.17) is 47.2 Å². The Bertz CT molecular complexity index is 3070. The van der Waals surface area contributed by atoms with Gasteiger partial charge >= 0.3 is 0 Å². The number of hydrogen-bond donors (Lipinski definition) is 19. The van der Waals surface area contributed by atoms with Crippen LogP contribution in [0.25, 0.3) is 0 Å². The molecule has 43 heteroatoms. The van der Waals surface area contributed by atoms with Gasteiger partial charge in [-0.3, -0.25) is 52.7 Å². The molecule has 3 saturated heterocycles. The summed E-state index contributed by atoms with van der Waals surface area (Å²) >= 11 is 0. The molecule has 0 aromatic rings. The number of allylic oxidation sites excluding steroid dienone is 1. The molecule has 18 atom stereocenters. The highest BCUT2D eigenvalue weighted by atomic mass is 31.2. The van der Waals surface area contributed by atoms with Crippen LogP contribution in [0.2, 0.25) is 0 Å². The van der Waals surface area contributed by atoms with Gasteiger partial charge in [0.15, 0.2) is 12.6 Å². The fourth-order valence-electron chi connectivity index (χ4n) is 12.1. The lowest BCUT2D eigenvalue weighted by Gasteiger charge is -2.42. The Morgan fingerprint density at radius 1 is 0.474 bits per heavy atom. The number of nitrogens with one attached hydrogen (secondary N) is 11. The summed E-state index contributed by atoms with van der Waals surface area (Å²) in [5, 5.41) is 110. The Kier molecular flexibility index (Phi) is 51.4. The smallest absolute Gasteiger partial charge is 0.247 e. The van der Waals surface area contributed by atoms with Gasteiger partial charge < -0.3 is 156 Å². The number of rotatable bonds is 60. The number of aliphatic hydroxyl groups is 8. The molecule has 19 N–H and O–H groups in total. The van der Waals surface area contributed by atoms with Crippen molar-refractivity contribution in [2.45, 2.75) is 248 Å². The maximum atomic E-state index is 14.5. The summed E-state index contributed by atoms with van der Waals surface area (Å²) in [6, 6.07) is -4.56. The molecule has 0 aliphatic carbocycles. The SMILES string of the molecule is CC(=O)NC1C(O/C=C/OCCNC(=O)CCCC(=O)NCCCCC(C)(NC(=O)C(/C=C/CCCNC(=O)CCCC(=O)NCCOCCOC2OC(CO)C(O)C(O)C2NC(C)=O)NC(=O)CCCC(=O)NCCOCCOC2OC(CO)C(O)C(O)C2NC(C)=O)C(=O)NCCCCCCOP(C)(=O)[O-])OC(CO)C(C)C1O. The molecule has 3 heterocycles. The van der Waals surface area contributed by atoms with E-state index in [-0.39, 0.29) is 193 Å². The number of carbonyl (C=O) groups excluding carboxylic acids is 11. The summed E-state index contributed by atoms with van der Waals surface area (Å²) in [5.41, 5.74) is -1.61. The first-order chi connectivity index (χ1) is 55.2. The summed E-state index contributed by atoms with van der Waals surface area (Å²) in [6.07, 6.45) is -4.58. The van der Waals surface area contributed by atoms with Crippen LogP contribution in [-0.4, -0.2) is 322 Å². The molecule has 3 aliphatic heterocycles. The van der Waals surface area contributed by atoms with E-state index in [0.29, 0.717) is 44.9 Å². The molecule has 42 nitrogen and oxygen atoms in total. The molecule has 3 fully saturated rings. The van der Waals surface area contributed by atoms with Gasteiger partial charge in [0.2, 0.25) is 71.3 Å². The Morgan fingerprint density at radius 3 is 1.37 bits per heavy atom. The van der Waals surface area contributed by atoms with Gasteiger partial charge in [-0.25, -0.2) is 0 Å². The highest BCUT2D eigenvalue weighted by Crippen LogP contribution is 2.31. The second-order valence-electron chi connectivity index (χ2n) is 28.4. The Labute approximate surface area is 675 Å². The predicted molar refractivity (Wildman–Crippen MR) is 407 cm³/mol. The maximum absolute atomic E-state index is 14.5. The van der Waals surface area contributed by atoms with Crippen LogP contribution in [0.4, 0.5) is 0 Å². The maximum Gasteiger partial charge on any atom is 0.247 e. The van der Waals surface area contributed by atoms with Crippen molar-refractivity contribution in [2.75, 3.05) is 119 Å². The molecule has 666 valence electrons. The fraction of sp³-hybridized carbons (Fsp3) is 0.795. The lowest BCUT2D eigenvalue weighted by Crippen LogP contribution is -2.64. The van der Waals surface area contributed by atoms with E-state index in [0.717, 1.165) is 12.9 Å². The normalized spacial score (nSPS) is 24.6. The molecule has 0 radical (unpaired) electrons. The van der Waals surface area contributed by atoms with E-state index in [9.17, 15) is 103 Å². The van der Waals surface area contributed by atoms with Crippen molar-refractivity contribution in [2.24, 2.45) is 5.92 Å². The third kappa shape index (κ3) is 42.5. The number of hydrogen-bond acceptors (Lipinski definition) is 31. The van der Waals surface area contributed by atoms with Gasteiger partial charge in [-0.2, -0.15) is 0 Å².